The van der Waals surface area contributed by atoms with Crippen LogP contribution in [0.4, 0.5) is 22.7 Å². The van der Waals surface area contributed by atoms with Crippen LogP contribution in [0.3, 0.4) is 0 Å². The Labute approximate surface area is 331 Å². The van der Waals surface area contributed by atoms with Gasteiger partial charge in [0.25, 0.3) is 0 Å². The van der Waals surface area contributed by atoms with Crippen LogP contribution in [0.2, 0.25) is 20.1 Å². The van der Waals surface area contributed by atoms with Crippen molar-refractivity contribution in [1.82, 2.24) is 0 Å². The Bertz CT molecular complexity index is 1640. The molecule has 4 aromatic carbocycles. The van der Waals surface area contributed by atoms with E-state index in [0.717, 1.165) is 35.3 Å². The summed E-state index contributed by atoms with van der Waals surface area (Å²) in [4.78, 5) is 24.1. The highest BCUT2D eigenvalue weighted by Gasteiger charge is 2.13. The van der Waals surface area contributed by atoms with E-state index >= 15 is 0 Å². The highest BCUT2D eigenvalue weighted by atomic mass is 35.5. The predicted molar refractivity (Wildman–Crippen MR) is 215 cm³/mol. The number of halogens is 5. The van der Waals surface area contributed by atoms with Crippen molar-refractivity contribution >= 4 is 93.5 Å². The first-order valence-corrected chi connectivity index (χ1v) is 18.0. The summed E-state index contributed by atoms with van der Waals surface area (Å²) in [5, 5.41) is 8.43. The molecule has 4 rings (SSSR count). The lowest BCUT2D eigenvalue weighted by Crippen LogP contribution is -2.16. The van der Waals surface area contributed by atoms with E-state index in [9.17, 15) is 9.59 Å². The maximum atomic E-state index is 12.1. The molecule has 9 nitrogen and oxygen atoms in total. The van der Waals surface area contributed by atoms with Crippen molar-refractivity contribution in [2.45, 2.75) is 32.6 Å². The summed E-state index contributed by atoms with van der Waals surface area (Å²) in [6.45, 7) is 4.89. The molecule has 0 aliphatic rings. The van der Waals surface area contributed by atoms with Crippen molar-refractivity contribution in [3.63, 3.8) is 0 Å². The topological polar surface area (TPSA) is 121 Å². The molecule has 0 unspecified atom stereocenters. The molecule has 0 heterocycles. The minimum absolute atomic E-state index is 0. The van der Waals surface area contributed by atoms with Crippen LogP contribution in [0.25, 0.3) is 0 Å². The van der Waals surface area contributed by atoms with E-state index in [1.54, 1.807) is 36.4 Å². The van der Waals surface area contributed by atoms with E-state index in [4.69, 9.17) is 71.1 Å². The molecule has 0 saturated carbocycles. The molecule has 0 radical (unpaired) electrons. The van der Waals surface area contributed by atoms with Crippen LogP contribution in [0.5, 0.6) is 0 Å². The van der Waals surface area contributed by atoms with Crippen molar-refractivity contribution < 1.29 is 28.5 Å². The summed E-state index contributed by atoms with van der Waals surface area (Å²) in [5.74, 6) is -0.639. The summed E-state index contributed by atoms with van der Waals surface area (Å²) in [7, 11) is 0. The molecule has 0 aliphatic heterocycles. The van der Waals surface area contributed by atoms with Crippen LogP contribution in [0, 0.1) is 0 Å². The van der Waals surface area contributed by atoms with Crippen molar-refractivity contribution in [2.75, 3.05) is 56.8 Å². The van der Waals surface area contributed by atoms with Gasteiger partial charge in [0, 0.05) is 24.5 Å². The largest absolute Gasteiger partial charge is 0.463 e. The fraction of sp³-hybridized carbons (Fsp3) is 0.316. The van der Waals surface area contributed by atoms with E-state index in [-0.39, 0.29) is 50.4 Å². The minimum atomic E-state index is -0.337. The quantitative estimate of drug-likeness (QED) is 0.0628. The average molecular weight is 816 g/mol. The highest BCUT2D eigenvalue weighted by Crippen LogP contribution is 2.35. The van der Waals surface area contributed by atoms with Crippen LogP contribution >= 0.6 is 58.8 Å². The first-order chi connectivity index (χ1) is 24.7. The van der Waals surface area contributed by atoms with Crippen molar-refractivity contribution in [2.24, 2.45) is 5.73 Å². The third-order valence-electron chi connectivity index (χ3n) is 7.04. The second-order valence-electron chi connectivity index (χ2n) is 10.9. The fourth-order valence-electron chi connectivity index (χ4n) is 4.47. The Kier molecular flexibility index (Phi) is 22.2. The van der Waals surface area contributed by atoms with Gasteiger partial charge in [-0.25, -0.2) is 0 Å². The van der Waals surface area contributed by atoms with Gasteiger partial charge in [-0.05, 0) is 53.9 Å². The van der Waals surface area contributed by atoms with E-state index in [1.807, 2.05) is 48.5 Å². The second kappa shape index (κ2) is 25.7. The molecule has 14 heteroatoms. The first kappa shape index (κ1) is 44.9. The molecule has 52 heavy (non-hydrogen) atoms. The number of esters is 2. The zero-order valence-electron chi connectivity index (χ0n) is 28.8. The molecule has 0 saturated heterocycles. The zero-order valence-corrected chi connectivity index (χ0v) is 32.6. The molecule has 0 amide bonds. The number of ether oxygens (including phenoxy) is 4. The Hall–Kier alpha value is -3.25. The SMILES string of the molecule is CCCCOCCOC(=O)Cc1ccccc1Nc1c(Cl)cccc1Cl.Cl.NCCOCCOC(=O)Cc1ccccc1Nc1c(Cl)cccc1Cl. The molecule has 0 atom stereocenters. The van der Waals surface area contributed by atoms with E-state index < -0.39 is 0 Å². The number of para-hydroxylation sites is 4. The predicted octanol–water partition coefficient (Wildman–Crippen LogP) is 9.86. The lowest BCUT2D eigenvalue weighted by atomic mass is 10.1. The Morgan fingerprint density at radius 2 is 0.981 bits per heavy atom. The van der Waals surface area contributed by atoms with Gasteiger partial charge in [0.15, 0.2) is 0 Å². The summed E-state index contributed by atoms with van der Waals surface area (Å²) in [6, 6.07) is 25.5. The van der Waals surface area contributed by atoms with Gasteiger partial charge in [-0.15, -0.1) is 12.4 Å². The van der Waals surface area contributed by atoms with Gasteiger partial charge in [0.1, 0.15) is 13.2 Å². The summed E-state index contributed by atoms with van der Waals surface area (Å²) < 4.78 is 20.9. The van der Waals surface area contributed by atoms with E-state index in [0.29, 0.717) is 64.4 Å². The van der Waals surface area contributed by atoms with Crippen LogP contribution in [0.15, 0.2) is 84.9 Å². The average Bonchev–Trinajstić information content (AvgIpc) is 3.11. The first-order valence-electron chi connectivity index (χ1n) is 16.5. The normalized spacial score (nSPS) is 10.3. The van der Waals surface area contributed by atoms with Gasteiger partial charge < -0.3 is 35.3 Å². The van der Waals surface area contributed by atoms with Gasteiger partial charge in [0.05, 0.1) is 64.1 Å². The molecule has 4 aromatic rings. The molecule has 0 bridgehead atoms. The number of anilines is 4. The van der Waals surface area contributed by atoms with Gasteiger partial charge >= 0.3 is 11.9 Å². The molecular formula is C38H44Cl5N3O6. The highest BCUT2D eigenvalue weighted by molar-refractivity contribution is 6.39. The van der Waals surface area contributed by atoms with Crippen molar-refractivity contribution in [3.8, 4) is 0 Å². The van der Waals surface area contributed by atoms with Gasteiger partial charge in [-0.2, -0.15) is 0 Å². The number of unbranched alkanes of at least 4 members (excludes halogenated alkanes) is 1. The van der Waals surface area contributed by atoms with Crippen LogP contribution in [0.1, 0.15) is 30.9 Å². The number of hydrogen-bond acceptors (Lipinski definition) is 9. The van der Waals surface area contributed by atoms with E-state index in [2.05, 4.69) is 17.6 Å². The minimum Gasteiger partial charge on any atom is -0.463 e. The monoisotopic (exact) mass is 813 g/mol. The second-order valence-corrected chi connectivity index (χ2v) is 12.5. The Morgan fingerprint density at radius 1 is 0.577 bits per heavy atom. The molecule has 0 aliphatic carbocycles. The molecule has 0 aromatic heterocycles. The number of rotatable bonds is 19. The maximum Gasteiger partial charge on any atom is 0.310 e. The van der Waals surface area contributed by atoms with Crippen molar-refractivity contribution in [1.29, 1.82) is 0 Å². The summed E-state index contributed by atoms with van der Waals surface area (Å²) >= 11 is 24.8. The number of nitrogens with one attached hydrogen (secondary N) is 2. The maximum absolute atomic E-state index is 12.1. The van der Waals surface area contributed by atoms with Gasteiger partial charge in [-0.1, -0.05) is 108 Å². The van der Waals surface area contributed by atoms with Crippen LogP contribution in [-0.4, -0.2) is 58.1 Å². The lowest BCUT2D eigenvalue weighted by Gasteiger charge is -2.14. The third-order valence-corrected chi connectivity index (χ3v) is 8.29. The van der Waals surface area contributed by atoms with Gasteiger partial charge in [0.2, 0.25) is 0 Å². The Morgan fingerprint density at radius 3 is 1.38 bits per heavy atom. The summed E-state index contributed by atoms with van der Waals surface area (Å²) in [5.41, 5.74) is 9.62. The fourth-order valence-corrected chi connectivity index (χ4v) is 5.46. The number of carbonyl (C=O) groups excluding carboxylic acids is 2. The van der Waals surface area contributed by atoms with Gasteiger partial charge in [-0.3, -0.25) is 9.59 Å². The summed E-state index contributed by atoms with van der Waals surface area (Å²) in [6.07, 6.45) is 2.37. The number of benzene rings is 4. The standard InChI is InChI=1S/C20H23Cl2NO3.C18H20Cl2N2O3.ClH/c1-2-3-11-25-12-13-26-19(24)14-15-7-4-5-10-18(15)23-20-16(21)8-6-9-17(20)22;19-14-5-3-6-15(20)18(14)22-16-7-2-1-4-13(16)12-17(23)25-11-10-24-9-8-21;/h4-10,23H,2-3,11-14H2,1H3;1-7,22H,8-12,21H2;1H. The Balaban J connectivity index is 0.000000354. The van der Waals surface area contributed by atoms with Crippen molar-refractivity contribution in [3.05, 3.63) is 116 Å². The van der Waals surface area contributed by atoms with Crippen LogP contribution < -0.4 is 16.4 Å². The number of carbonyl (C=O) groups is 2. The lowest BCUT2D eigenvalue weighted by molar-refractivity contribution is -0.145. The molecule has 4 N–H and O–H groups in total. The van der Waals surface area contributed by atoms with E-state index in [1.165, 1.54) is 0 Å². The molecular weight excluding hydrogens is 772 g/mol. The smallest absolute Gasteiger partial charge is 0.310 e. The molecule has 282 valence electrons. The molecule has 0 fully saturated rings. The number of hydrogen-bond donors (Lipinski definition) is 3. The zero-order chi connectivity index (χ0) is 36.8. The third kappa shape index (κ3) is 16.2. The number of nitrogens with two attached hydrogens (primary N) is 1. The van der Waals surface area contributed by atoms with Crippen LogP contribution in [-0.2, 0) is 41.4 Å². The molecule has 0 spiro atoms.